The summed E-state index contributed by atoms with van der Waals surface area (Å²) in [5.74, 6) is 0.494. The Labute approximate surface area is 215 Å². The lowest BCUT2D eigenvalue weighted by molar-refractivity contribution is -0.149. The summed E-state index contributed by atoms with van der Waals surface area (Å²) >= 11 is 0. The Bertz CT molecular complexity index is 1310. The molecule has 0 aliphatic carbocycles. The minimum atomic E-state index is -0.528. The summed E-state index contributed by atoms with van der Waals surface area (Å²) in [5.41, 5.74) is 4.58. The van der Waals surface area contributed by atoms with E-state index in [-0.39, 0.29) is 43.0 Å². The molecule has 0 bridgehead atoms. The van der Waals surface area contributed by atoms with Crippen LogP contribution in [0.1, 0.15) is 45.8 Å². The molecule has 190 valence electrons. The van der Waals surface area contributed by atoms with Crippen LogP contribution < -0.4 is 10.1 Å². The smallest absolute Gasteiger partial charge is 0.257 e. The Kier molecular flexibility index (Phi) is 6.36. The summed E-state index contributed by atoms with van der Waals surface area (Å²) in [4.78, 5) is 31.7. The number of benzene rings is 2. The third-order valence-electron chi connectivity index (χ3n) is 7.57. The average Bonchev–Trinajstić information content (AvgIpc) is 3.30. The third kappa shape index (κ3) is 4.70. The fourth-order valence-electron chi connectivity index (χ4n) is 5.70. The minimum absolute atomic E-state index is 0.0453. The molecule has 4 heterocycles. The first kappa shape index (κ1) is 23.6. The quantitative estimate of drug-likeness (QED) is 0.559. The maximum atomic E-state index is 13.2. The molecule has 2 N–H and O–H groups in total. The van der Waals surface area contributed by atoms with E-state index in [1.165, 1.54) is 17.3 Å². The molecular weight excluding hydrogens is 470 g/mol. The van der Waals surface area contributed by atoms with E-state index in [0.29, 0.717) is 30.8 Å². The summed E-state index contributed by atoms with van der Waals surface area (Å²) in [6.45, 7) is 1.12. The molecule has 3 aliphatic rings. The van der Waals surface area contributed by atoms with Gasteiger partial charge in [-0.1, -0.05) is 24.3 Å². The van der Waals surface area contributed by atoms with E-state index >= 15 is 0 Å². The van der Waals surface area contributed by atoms with Crippen LogP contribution in [0, 0.1) is 0 Å². The predicted molar refractivity (Wildman–Crippen MR) is 136 cm³/mol. The van der Waals surface area contributed by atoms with E-state index in [4.69, 9.17) is 9.47 Å². The Morgan fingerprint density at radius 1 is 1.11 bits per heavy atom. The molecule has 2 amide bonds. The van der Waals surface area contributed by atoms with Gasteiger partial charge in [0.15, 0.2) is 0 Å². The number of pyridine rings is 1. The Morgan fingerprint density at radius 3 is 2.78 bits per heavy atom. The number of anilines is 1. The molecule has 1 saturated heterocycles. The molecular formula is C29H29N3O5. The van der Waals surface area contributed by atoms with E-state index in [0.717, 1.165) is 17.7 Å². The van der Waals surface area contributed by atoms with Gasteiger partial charge in [-0.2, -0.15) is 0 Å². The van der Waals surface area contributed by atoms with Gasteiger partial charge in [0, 0.05) is 42.7 Å². The highest BCUT2D eigenvalue weighted by Crippen LogP contribution is 2.47. The van der Waals surface area contributed by atoms with Crippen molar-refractivity contribution in [1.82, 2.24) is 9.88 Å². The monoisotopic (exact) mass is 499 g/mol. The van der Waals surface area contributed by atoms with Gasteiger partial charge >= 0.3 is 0 Å². The van der Waals surface area contributed by atoms with Crippen LogP contribution >= 0.6 is 0 Å². The Balaban J connectivity index is 1.16. The molecule has 37 heavy (non-hydrogen) atoms. The molecule has 0 unspecified atom stereocenters. The fourth-order valence-corrected chi connectivity index (χ4v) is 5.70. The molecule has 6 rings (SSSR count). The van der Waals surface area contributed by atoms with E-state index in [9.17, 15) is 14.7 Å². The molecule has 4 atom stereocenters. The number of amides is 2. The number of ether oxygens (including phenoxy) is 2. The summed E-state index contributed by atoms with van der Waals surface area (Å²) < 4.78 is 12.3. The highest BCUT2D eigenvalue weighted by Gasteiger charge is 2.46. The number of hydrogen-bond donors (Lipinski definition) is 2. The third-order valence-corrected chi connectivity index (χ3v) is 7.57. The van der Waals surface area contributed by atoms with Crippen molar-refractivity contribution in [3.8, 4) is 5.75 Å². The number of fused-ring (bicyclic) bond motifs is 4. The van der Waals surface area contributed by atoms with Gasteiger partial charge in [0.2, 0.25) is 5.91 Å². The van der Waals surface area contributed by atoms with Crippen LogP contribution in [-0.4, -0.2) is 58.3 Å². The van der Waals surface area contributed by atoms with Crippen molar-refractivity contribution in [1.29, 1.82) is 0 Å². The Morgan fingerprint density at radius 2 is 1.97 bits per heavy atom. The van der Waals surface area contributed by atoms with Crippen LogP contribution in [0.3, 0.4) is 0 Å². The van der Waals surface area contributed by atoms with Crippen LogP contribution in [0.5, 0.6) is 5.75 Å². The molecule has 1 fully saturated rings. The summed E-state index contributed by atoms with van der Waals surface area (Å²) in [6, 6.07) is 17.2. The molecule has 0 spiro atoms. The second kappa shape index (κ2) is 9.95. The number of aliphatic hydroxyl groups excluding tert-OH is 1. The van der Waals surface area contributed by atoms with Gasteiger partial charge in [0.1, 0.15) is 18.0 Å². The number of nitrogens with zero attached hydrogens (tertiary/aromatic N) is 2. The van der Waals surface area contributed by atoms with Crippen LogP contribution in [0.4, 0.5) is 5.69 Å². The SMILES string of the molecule is O=C(Nc1ccc2c(c1)[C@H]1C[C@H](CC(=O)N3CCc4ccccc4C3)O[C@H](CO)[C@H]1O2)c1cccnc1. The lowest BCUT2D eigenvalue weighted by Crippen LogP contribution is -2.48. The number of rotatable bonds is 5. The van der Waals surface area contributed by atoms with Crippen molar-refractivity contribution in [3.05, 3.63) is 89.2 Å². The molecule has 1 aromatic heterocycles. The highest BCUT2D eigenvalue weighted by atomic mass is 16.6. The van der Waals surface area contributed by atoms with Crippen molar-refractivity contribution in [2.24, 2.45) is 0 Å². The predicted octanol–water partition coefficient (Wildman–Crippen LogP) is 3.30. The largest absolute Gasteiger partial charge is 0.487 e. The van der Waals surface area contributed by atoms with Gasteiger partial charge in [-0.3, -0.25) is 14.6 Å². The summed E-state index contributed by atoms with van der Waals surface area (Å²) in [6.07, 6.45) is 3.67. The highest BCUT2D eigenvalue weighted by molar-refractivity contribution is 6.04. The van der Waals surface area contributed by atoms with Crippen molar-refractivity contribution in [2.45, 2.75) is 50.0 Å². The number of nitrogens with one attached hydrogen (secondary N) is 1. The van der Waals surface area contributed by atoms with E-state index in [2.05, 4.69) is 22.4 Å². The standard InChI is InChI=1S/C29H29N3O5/c33-17-26-28-24(13-22(36-26)14-27(34)32-11-9-18-4-1-2-5-20(18)16-32)23-12-21(7-8-25(23)37-28)31-29(35)19-6-3-10-30-15-19/h1-8,10,12,15,22,24,26,28,33H,9,11,13-14,16-17H2,(H,31,35)/t22-,24-,26-,28+/m1/s1. The number of carbonyl (C=O) groups is 2. The average molecular weight is 500 g/mol. The van der Waals surface area contributed by atoms with Crippen LogP contribution in [0.2, 0.25) is 0 Å². The van der Waals surface area contributed by atoms with Crippen LogP contribution in [-0.2, 0) is 22.5 Å². The summed E-state index contributed by atoms with van der Waals surface area (Å²) in [7, 11) is 0. The van der Waals surface area contributed by atoms with Gasteiger partial charge in [0.05, 0.1) is 24.7 Å². The number of aromatic nitrogens is 1. The van der Waals surface area contributed by atoms with Crippen LogP contribution in [0.15, 0.2) is 67.0 Å². The zero-order valence-electron chi connectivity index (χ0n) is 20.4. The van der Waals surface area contributed by atoms with Gasteiger partial charge in [-0.25, -0.2) is 0 Å². The zero-order chi connectivity index (χ0) is 25.4. The van der Waals surface area contributed by atoms with Crippen molar-refractivity contribution < 1.29 is 24.2 Å². The minimum Gasteiger partial charge on any atom is -0.487 e. The number of carbonyl (C=O) groups excluding carboxylic acids is 2. The Hall–Kier alpha value is -3.75. The fraction of sp³-hybridized carbons (Fsp3) is 0.345. The van der Waals surface area contributed by atoms with Crippen molar-refractivity contribution in [2.75, 3.05) is 18.5 Å². The molecule has 0 radical (unpaired) electrons. The first-order valence-corrected chi connectivity index (χ1v) is 12.7. The van der Waals surface area contributed by atoms with E-state index in [1.807, 2.05) is 29.2 Å². The first-order chi connectivity index (χ1) is 18.1. The molecule has 3 aliphatic heterocycles. The van der Waals surface area contributed by atoms with E-state index < -0.39 is 6.10 Å². The van der Waals surface area contributed by atoms with Crippen molar-refractivity contribution >= 4 is 17.5 Å². The second-order valence-electron chi connectivity index (χ2n) is 9.89. The van der Waals surface area contributed by atoms with Gasteiger partial charge < -0.3 is 24.8 Å². The van der Waals surface area contributed by atoms with Crippen molar-refractivity contribution in [3.63, 3.8) is 0 Å². The van der Waals surface area contributed by atoms with Gasteiger partial charge in [0.25, 0.3) is 5.91 Å². The lowest BCUT2D eigenvalue weighted by Gasteiger charge is -2.38. The normalized spacial score (nSPS) is 23.9. The van der Waals surface area contributed by atoms with E-state index in [1.54, 1.807) is 24.4 Å². The maximum absolute atomic E-state index is 13.2. The molecule has 8 nitrogen and oxygen atoms in total. The second-order valence-corrected chi connectivity index (χ2v) is 9.89. The van der Waals surface area contributed by atoms with Gasteiger partial charge in [-0.05, 0) is 54.3 Å². The summed E-state index contributed by atoms with van der Waals surface area (Å²) in [5, 5.41) is 13.0. The maximum Gasteiger partial charge on any atom is 0.257 e. The number of hydrogen-bond acceptors (Lipinski definition) is 6. The topological polar surface area (TPSA) is 101 Å². The lowest BCUT2D eigenvalue weighted by atomic mass is 9.84. The molecule has 0 saturated carbocycles. The number of aliphatic hydroxyl groups is 1. The molecule has 8 heteroatoms. The molecule has 2 aromatic carbocycles. The molecule has 3 aromatic rings. The van der Waals surface area contributed by atoms with Gasteiger partial charge in [-0.15, -0.1) is 0 Å². The first-order valence-electron chi connectivity index (χ1n) is 12.7. The zero-order valence-corrected chi connectivity index (χ0v) is 20.4. The van der Waals surface area contributed by atoms with Crippen LogP contribution in [0.25, 0.3) is 0 Å².